The van der Waals surface area contributed by atoms with Crippen LogP contribution in [-0.2, 0) is 11.3 Å². The second-order valence-corrected chi connectivity index (χ2v) is 5.60. The first-order valence-electron chi connectivity index (χ1n) is 8.41. The van der Waals surface area contributed by atoms with E-state index in [1.807, 2.05) is 6.92 Å². The van der Waals surface area contributed by atoms with Crippen molar-refractivity contribution in [3.63, 3.8) is 0 Å². The number of benzene rings is 2. The Hall–Kier alpha value is -2.73. The molecule has 0 aliphatic rings. The Morgan fingerprint density at radius 3 is 2.35 bits per heavy atom. The van der Waals surface area contributed by atoms with E-state index in [1.165, 1.54) is 0 Å². The van der Waals surface area contributed by atoms with Crippen molar-refractivity contribution in [3.05, 3.63) is 47.5 Å². The van der Waals surface area contributed by atoms with Crippen molar-refractivity contribution in [3.8, 4) is 17.2 Å². The molecule has 2 aromatic carbocycles. The van der Waals surface area contributed by atoms with E-state index in [0.717, 1.165) is 12.0 Å². The van der Waals surface area contributed by atoms with Crippen LogP contribution in [0.1, 0.15) is 29.3 Å². The van der Waals surface area contributed by atoms with Crippen molar-refractivity contribution < 1.29 is 23.7 Å². The van der Waals surface area contributed by atoms with Gasteiger partial charge in [0.25, 0.3) is 5.91 Å². The lowest BCUT2D eigenvalue weighted by molar-refractivity contribution is 0.102. The van der Waals surface area contributed by atoms with Crippen LogP contribution in [0.15, 0.2) is 36.4 Å². The molecule has 0 bridgehead atoms. The molecule has 26 heavy (non-hydrogen) atoms. The second-order valence-electron chi connectivity index (χ2n) is 5.60. The van der Waals surface area contributed by atoms with E-state index in [2.05, 4.69) is 5.32 Å². The van der Waals surface area contributed by atoms with E-state index in [0.29, 0.717) is 41.7 Å². The number of rotatable bonds is 9. The third kappa shape index (κ3) is 4.89. The lowest BCUT2D eigenvalue weighted by Crippen LogP contribution is -2.13. The number of carbonyl (C=O) groups is 1. The summed E-state index contributed by atoms with van der Waals surface area (Å²) in [6, 6.07) is 10.5. The molecule has 6 heteroatoms. The molecular formula is C20H25NO5. The summed E-state index contributed by atoms with van der Waals surface area (Å²) >= 11 is 0. The van der Waals surface area contributed by atoms with Crippen LogP contribution < -0.4 is 19.5 Å². The molecule has 0 spiro atoms. The highest BCUT2D eigenvalue weighted by atomic mass is 16.5. The average Bonchev–Trinajstić information content (AvgIpc) is 2.67. The summed E-state index contributed by atoms with van der Waals surface area (Å²) in [7, 11) is 4.72. The highest BCUT2D eigenvalue weighted by Gasteiger charge is 2.13. The van der Waals surface area contributed by atoms with Crippen LogP contribution in [0.25, 0.3) is 0 Å². The van der Waals surface area contributed by atoms with E-state index in [-0.39, 0.29) is 5.91 Å². The highest BCUT2D eigenvalue weighted by Crippen LogP contribution is 2.29. The van der Waals surface area contributed by atoms with Gasteiger partial charge in [0.15, 0.2) is 0 Å². The van der Waals surface area contributed by atoms with Gasteiger partial charge in [0, 0.05) is 23.8 Å². The Morgan fingerprint density at radius 2 is 1.69 bits per heavy atom. The largest absolute Gasteiger partial charge is 0.497 e. The number of hydrogen-bond donors (Lipinski definition) is 1. The summed E-state index contributed by atoms with van der Waals surface area (Å²) in [5, 5.41) is 2.86. The van der Waals surface area contributed by atoms with Crippen molar-refractivity contribution >= 4 is 11.6 Å². The van der Waals surface area contributed by atoms with E-state index in [4.69, 9.17) is 18.9 Å². The van der Waals surface area contributed by atoms with Gasteiger partial charge in [-0.05, 0) is 36.8 Å². The van der Waals surface area contributed by atoms with Gasteiger partial charge >= 0.3 is 0 Å². The second kappa shape index (κ2) is 9.68. The maximum Gasteiger partial charge on any atom is 0.255 e. The van der Waals surface area contributed by atoms with Crippen molar-refractivity contribution in [1.29, 1.82) is 0 Å². The molecule has 2 rings (SSSR count). The number of amides is 1. The van der Waals surface area contributed by atoms with E-state index in [9.17, 15) is 4.79 Å². The molecule has 6 nitrogen and oxygen atoms in total. The van der Waals surface area contributed by atoms with Gasteiger partial charge in [-0.1, -0.05) is 6.92 Å². The molecule has 1 N–H and O–H groups in total. The SMILES string of the molecule is CCCOCc1cc(C(=O)Nc2cc(OC)ccc2OC)ccc1OC. The molecule has 0 saturated heterocycles. The third-order valence-electron chi connectivity index (χ3n) is 3.80. The predicted molar refractivity (Wildman–Crippen MR) is 100 cm³/mol. The highest BCUT2D eigenvalue weighted by molar-refractivity contribution is 6.05. The summed E-state index contributed by atoms with van der Waals surface area (Å²) in [5.74, 6) is 1.62. The zero-order chi connectivity index (χ0) is 18.9. The van der Waals surface area contributed by atoms with Gasteiger partial charge in [-0.3, -0.25) is 4.79 Å². The van der Waals surface area contributed by atoms with E-state index < -0.39 is 0 Å². The molecule has 140 valence electrons. The average molecular weight is 359 g/mol. The summed E-state index contributed by atoms with van der Waals surface area (Å²) < 4.78 is 21.4. The molecule has 0 aliphatic heterocycles. The maximum absolute atomic E-state index is 12.7. The van der Waals surface area contributed by atoms with Crippen molar-refractivity contribution in [1.82, 2.24) is 0 Å². The van der Waals surface area contributed by atoms with Crippen LogP contribution >= 0.6 is 0 Å². The maximum atomic E-state index is 12.7. The van der Waals surface area contributed by atoms with Gasteiger partial charge in [-0.15, -0.1) is 0 Å². The van der Waals surface area contributed by atoms with E-state index in [1.54, 1.807) is 57.7 Å². The zero-order valence-corrected chi connectivity index (χ0v) is 15.6. The number of hydrogen-bond acceptors (Lipinski definition) is 5. The van der Waals surface area contributed by atoms with Gasteiger partial charge in [0.1, 0.15) is 17.2 Å². The predicted octanol–water partition coefficient (Wildman–Crippen LogP) is 3.89. The molecule has 0 atom stereocenters. The first kappa shape index (κ1) is 19.6. The quantitative estimate of drug-likeness (QED) is 0.688. The summed E-state index contributed by atoms with van der Waals surface area (Å²) in [6.07, 6.45) is 0.929. The lowest BCUT2D eigenvalue weighted by atomic mass is 10.1. The fourth-order valence-electron chi connectivity index (χ4n) is 2.47. The molecule has 0 radical (unpaired) electrons. The van der Waals surface area contributed by atoms with Gasteiger partial charge in [0.05, 0.1) is 33.6 Å². The molecule has 2 aromatic rings. The number of nitrogens with one attached hydrogen (secondary N) is 1. The van der Waals surface area contributed by atoms with Gasteiger partial charge in [0.2, 0.25) is 0 Å². The first-order chi connectivity index (χ1) is 12.6. The summed E-state index contributed by atoms with van der Waals surface area (Å²) in [6.45, 7) is 3.09. The molecule has 1 amide bonds. The van der Waals surface area contributed by atoms with Crippen LogP contribution in [0.5, 0.6) is 17.2 Å². The summed E-state index contributed by atoms with van der Waals surface area (Å²) in [4.78, 5) is 12.7. The monoisotopic (exact) mass is 359 g/mol. The van der Waals surface area contributed by atoms with Crippen LogP contribution in [0, 0.1) is 0 Å². The third-order valence-corrected chi connectivity index (χ3v) is 3.80. The fraction of sp³-hybridized carbons (Fsp3) is 0.350. The van der Waals surface area contributed by atoms with Crippen molar-refractivity contribution in [2.75, 3.05) is 33.3 Å². The molecule has 0 saturated carbocycles. The number of methoxy groups -OCH3 is 3. The summed E-state index contributed by atoms with van der Waals surface area (Å²) in [5.41, 5.74) is 1.87. The van der Waals surface area contributed by atoms with Gasteiger partial charge < -0.3 is 24.3 Å². The molecule has 0 aromatic heterocycles. The van der Waals surface area contributed by atoms with Crippen molar-refractivity contribution in [2.45, 2.75) is 20.0 Å². The Kier molecular flexibility index (Phi) is 7.29. The van der Waals surface area contributed by atoms with Crippen LogP contribution in [0.4, 0.5) is 5.69 Å². The Balaban J connectivity index is 2.22. The topological polar surface area (TPSA) is 66.0 Å². The van der Waals surface area contributed by atoms with Crippen LogP contribution in [-0.4, -0.2) is 33.8 Å². The number of anilines is 1. The lowest BCUT2D eigenvalue weighted by Gasteiger charge is -2.13. The molecular weight excluding hydrogens is 334 g/mol. The van der Waals surface area contributed by atoms with Gasteiger partial charge in [-0.25, -0.2) is 0 Å². The molecule has 0 unspecified atom stereocenters. The Labute approximate surface area is 154 Å². The minimum Gasteiger partial charge on any atom is -0.497 e. The minimum atomic E-state index is -0.254. The molecule has 0 aliphatic carbocycles. The van der Waals surface area contributed by atoms with Gasteiger partial charge in [-0.2, -0.15) is 0 Å². The zero-order valence-electron chi connectivity index (χ0n) is 15.6. The molecule has 0 heterocycles. The first-order valence-corrected chi connectivity index (χ1v) is 8.41. The number of ether oxygens (including phenoxy) is 4. The number of carbonyl (C=O) groups excluding carboxylic acids is 1. The Morgan fingerprint density at radius 1 is 0.962 bits per heavy atom. The van der Waals surface area contributed by atoms with Crippen molar-refractivity contribution in [2.24, 2.45) is 0 Å². The normalized spacial score (nSPS) is 10.3. The smallest absolute Gasteiger partial charge is 0.255 e. The Bertz CT molecular complexity index is 745. The minimum absolute atomic E-state index is 0.254. The fourth-order valence-corrected chi connectivity index (χ4v) is 2.47. The van der Waals surface area contributed by atoms with Crippen LogP contribution in [0.2, 0.25) is 0 Å². The molecule has 0 fully saturated rings. The van der Waals surface area contributed by atoms with E-state index >= 15 is 0 Å². The van der Waals surface area contributed by atoms with Crippen LogP contribution in [0.3, 0.4) is 0 Å². The standard InChI is InChI=1S/C20H25NO5/c1-5-10-26-13-15-11-14(6-8-18(15)24-3)20(22)21-17-12-16(23-2)7-9-19(17)25-4/h6-9,11-12H,5,10,13H2,1-4H3,(H,21,22).